The number of nitrogens with zero attached hydrogens (tertiary/aromatic N) is 4. The third-order valence-corrected chi connectivity index (χ3v) is 25.1. The molecule has 0 amide bonds. The minimum Gasteiger partial charge on any atom is -0.510 e. The van der Waals surface area contributed by atoms with Crippen molar-refractivity contribution < 1.29 is 89.3 Å². The molecular formula is C94H70N4OPtSi2-2. The number of rotatable bonds is 16. The zero-order chi connectivity index (χ0) is 105. The normalized spacial score (nSPS) is 17.7. The van der Waals surface area contributed by atoms with Crippen molar-refractivity contribution in [3.63, 3.8) is 0 Å². The van der Waals surface area contributed by atoms with Crippen molar-refractivity contribution in [3.05, 3.63) is 393 Å². The molecule has 0 aliphatic heterocycles. The van der Waals surface area contributed by atoms with Crippen LogP contribution < -0.4 is 50.8 Å². The molecule has 102 heavy (non-hydrogen) atoms. The number of para-hydroxylation sites is 3. The van der Waals surface area contributed by atoms with Crippen LogP contribution in [0.5, 0.6) is 11.5 Å². The largest absolute Gasteiger partial charge is 0.510 e. The van der Waals surface area contributed by atoms with Gasteiger partial charge in [0.15, 0.2) is 16.1 Å². The van der Waals surface area contributed by atoms with E-state index in [0.717, 1.165) is 28.3 Å². The van der Waals surface area contributed by atoms with Gasteiger partial charge >= 0.3 is 0 Å². The molecule has 0 atom stereocenters. The van der Waals surface area contributed by atoms with Gasteiger partial charge in [-0.2, -0.15) is 18.2 Å². The third kappa shape index (κ3) is 11.6. The summed E-state index contributed by atoms with van der Waals surface area (Å²) in [7, 11) is -13.5. The summed E-state index contributed by atoms with van der Waals surface area (Å²) in [5, 5.41) is -9.05. The van der Waals surface area contributed by atoms with Crippen molar-refractivity contribution in [2.45, 2.75) is 26.2 Å². The van der Waals surface area contributed by atoms with E-state index in [1.165, 1.54) is 47.0 Å². The Hall–Kier alpha value is -11.6. The maximum atomic E-state index is 11.3. The molecule has 0 bridgehead atoms. The average Bonchev–Trinajstić information content (AvgIpc) is 1.24. The van der Waals surface area contributed by atoms with Crippen LogP contribution in [0.25, 0.3) is 83.4 Å². The fraction of sp³-hybridized carbons (Fsp3) is 0.0426. The molecule has 0 fully saturated rings. The van der Waals surface area contributed by atoms with Crippen LogP contribution in [0.3, 0.4) is 0 Å². The standard InChI is InChI=1S/C94H70N4OSi2.Pt/c1-94(2,3)72-59-60-95-92(64-72)98-88-58-55-69(68-31-11-4-12-32-68)63-87(88)86-57-56-75(66-91(86)98)99-74-36-29-35-73(65-74)96-67-97(90-54-26-25-53-89(90)96)93-84(70-33-27-49-82(61-70)100(76-37-13-5-14-38-76,77-39-15-6-16-40-77)78-41-17-7-18-42-78)51-30-52-85(93)71-34-28-50-83(62-71)101(79-43-19-8-20-44-79,80-45-21-9-22-46-80)81-47-23-10-24-48-81;/h4-64H,1-3H3;/q-2;/i4D,5D,6D,7D,8D,9D,10D,11D,12D,13D,14D,15D,16D,17D,18D,19D,20D,21D,22D,23D,24D,27D,28D,31D,32D,33D,34D,37D,38D,39D,40D,41D,42D,43D,44D,45D,46D,47D,48D,49D,50D,61D,62D;. The Morgan fingerprint density at radius 1 is 0.412 bits per heavy atom. The van der Waals surface area contributed by atoms with Gasteiger partial charge in [0.2, 0.25) is 0 Å². The second kappa shape index (κ2) is 27.5. The van der Waals surface area contributed by atoms with Crippen molar-refractivity contribution in [3.8, 4) is 62.1 Å². The van der Waals surface area contributed by atoms with Crippen molar-refractivity contribution in [2.75, 3.05) is 0 Å². The van der Waals surface area contributed by atoms with Gasteiger partial charge in [-0.1, -0.05) is 341 Å². The molecule has 14 aromatic carbocycles. The second-order valence-corrected chi connectivity index (χ2v) is 30.8. The van der Waals surface area contributed by atoms with Gasteiger partial charge in [0, 0.05) is 44.3 Å². The smallest absolute Gasteiger partial charge is 0.268 e. The third-order valence-electron chi connectivity index (χ3n) is 17.1. The summed E-state index contributed by atoms with van der Waals surface area (Å²) in [5.74, 6) is 0.347. The van der Waals surface area contributed by atoms with Gasteiger partial charge in [-0.15, -0.1) is 29.7 Å². The molecule has 0 saturated heterocycles. The van der Waals surface area contributed by atoms with Gasteiger partial charge in [-0.05, 0) is 115 Å². The minimum absolute atomic E-state index is 0. The van der Waals surface area contributed by atoms with E-state index in [4.69, 9.17) is 24.8 Å². The van der Waals surface area contributed by atoms with E-state index < -0.39 is 351 Å². The summed E-state index contributed by atoms with van der Waals surface area (Å²) in [4.78, 5) is 4.81. The number of benzene rings is 14. The maximum absolute atomic E-state index is 11.3. The molecule has 8 heteroatoms. The van der Waals surface area contributed by atoms with Gasteiger partial charge in [-0.3, -0.25) is 4.57 Å². The van der Waals surface area contributed by atoms with Crippen LogP contribution in [0.15, 0.2) is 369 Å². The first-order valence-corrected chi connectivity index (χ1v) is 35.1. The Balaban J connectivity index is 0.0000151. The molecule has 0 aliphatic carbocycles. The molecule has 3 aromatic heterocycles. The van der Waals surface area contributed by atoms with Gasteiger partial charge in [0.1, 0.15) is 5.82 Å². The first-order valence-electron chi connectivity index (χ1n) is 52.6. The van der Waals surface area contributed by atoms with Crippen LogP contribution in [0.2, 0.25) is 0 Å². The maximum Gasteiger partial charge on any atom is 0.268 e. The summed E-state index contributed by atoms with van der Waals surface area (Å²) in [6, 6.07) is -20.4. The number of fused-ring (bicyclic) bond motifs is 4. The molecular weight excluding hydrogens is 1450 g/mol. The Labute approximate surface area is 673 Å². The fourth-order valence-corrected chi connectivity index (χ4v) is 19.7. The Morgan fingerprint density at radius 2 is 0.882 bits per heavy atom. The van der Waals surface area contributed by atoms with Gasteiger partial charge in [-0.25, -0.2) is 4.98 Å². The van der Waals surface area contributed by atoms with E-state index in [0.29, 0.717) is 27.6 Å². The molecule has 0 spiro atoms. The number of aromatic nitrogens is 4. The van der Waals surface area contributed by atoms with Crippen LogP contribution in [0, 0.1) is 18.5 Å². The number of imidazole rings is 1. The number of ether oxygens (including phenoxy) is 1. The van der Waals surface area contributed by atoms with E-state index >= 15 is 0 Å². The molecule has 3 heterocycles. The topological polar surface area (TPSA) is 35.9 Å². The first kappa shape index (κ1) is 32.8. The predicted molar refractivity (Wildman–Crippen MR) is 422 cm³/mol. The zero-order valence-electron chi connectivity index (χ0n) is 96.4. The van der Waals surface area contributed by atoms with E-state index in [1.807, 2.05) is 32.9 Å². The Bertz CT molecular complexity index is 7780. The van der Waals surface area contributed by atoms with Crippen LogP contribution in [-0.4, -0.2) is 30.3 Å². The summed E-state index contributed by atoms with van der Waals surface area (Å²) in [6.07, 6.45) is 4.87. The molecule has 0 unspecified atom stereocenters. The van der Waals surface area contributed by atoms with Crippen molar-refractivity contribution in [1.29, 1.82) is 0 Å². The minimum atomic E-state index is -6.76. The number of hydrogen-bond donors (Lipinski definition) is 0. The van der Waals surface area contributed by atoms with Crippen molar-refractivity contribution in [2.24, 2.45) is 0 Å². The average molecular weight is 1570 g/mol. The van der Waals surface area contributed by atoms with Gasteiger partial charge < -0.3 is 13.9 Å². The Kier molecular flexibility index (Phi) is 8.85. The molecule has 0 N–H and O–H groups in total. The second-order valence-electron chi connectivity index (χ2n) is 23.8. The van der Waals surface area contributed by atoms with Gasteiger partial charge in [0.25, 0.3) is 6.33 Å². The van der Waals surface area contributed by atoms with Crippen molar-refractivity contribution in [1.82, 2.24) is 14.1 Å². The van der Waals surface area contributed by atoms with Crippen LogP contribution in [-0.2, 0) is 26.5 Å². The van der Waals surface area contributed by atoms with Crippen LogP contribution >= 0.6 is 0 Å². The zero-order valence-corrected chi connectivity index (χ0v) is 57.7. The fourth-order valence-electron chi connectivity index (χ4n) is 12.6. The Morgan fingerprint density at radius 3 is 1.40 bits per heavy atom. The molecule has 5 nitrogen and oxygen atoms in total. The molecule has 0 radical (unpaired) electrons. The molecule has 17 aromatic rings. The van der Waals surface area contributed by atoms with Crippen molar-refractivity contribution >= 4 is 90.5 Å². The number of pyridine rings is 1. The number of hydrogen-bond acceptors (Lipinski definition) is 2. The molecule has 0 aliphatic rings. The quantitative estimate of drug-likeness (QED) is 0.0418. The van der Waals surface area contributed by atoms with Crippen LogP contribution in [0.4, 0.5) is 0 Å². The summed E-state index contributed by atoms with van der Waals surface area (Å²) in [5.41, 5.74) is -2.80. The monoisotopic (exact) mass is 1560 g/mol. The summed E-state index contributed by atoms with van der Waals surface area (Å²) < 4.78 is 424. The predicted octanol–water partition coefficient (Wildman–Crippen LogP) is 16.6. The van der Waals surface area contributed by atoms with E-state index in [2.05, 4.69) is 18.5 Å². The molecule has 0 saturated carbocycles. The summed E-state index contributed by atoms with van der Waals surface area (Å²) >= 11 is 0. The van der Waals surface area contributed by atoms with E-state index in [1.54, 1.807) is 41.1 Å². The molecule has 492 valence electrons. The van der Waals surface area contributed by atoms with Gasteiger partial charge in [0.05, 0.1) is 75.7 Å². The first-order chi connectivity index (χ1) is 67.6. The SMILES string of the molecule is [2H]c1c([2H])c([2H])c(-c2ccc3c(c2)c2ccc(Oc4[c-]c(-n5[c-][n+](-c6c(-c7c([2H])c([2H])c([2H])c([Si](c8c([2H])c([2H])c([2H])c([2H])c8[2H])(c8c([2H])c([2H])c([2H])c([2H])c8[2H])c8c([2H])c([2H])c([2H])c([2H])c8[2H])c7[2H])cccc6-c6c([2H])c([2H])c([2H])c([Si](c7c([2H])c([2H])c([2H])c([2H])c7[2H])(c7c([2H])c([2H])c([2H])c([2H])c7[2H])c7c([2H])c([2H])c([2H])c([2H])c7[2H])c6[2H])c6ccccc65)ccc4)[c-]c2n3-c2cc(C(C)(C)C)ccn2)c([2H])c1[2H].[Pt]. The summed E-state index contributed by atoms with van der Waals surface area (Å²) in [6.45, 7) is 6.02. The van der Waals surface area contributed by atoms with E-state index in [-0.39, 0.29) is 60.4 Å². The van der Waals surface area contributed by atoms with Crippen LogP contribution in [0.1, 0.15) is 85.3 Å². The molecule has 17 rings (SSSR count). The van der Waals surface area contributed by atoms with E-state index in [9.17, 15) is 43.9 Å².